The number of rotatable bonds is 4. The summed E-state index contributed by atoms with van der Waals surface area (Å²) in [6.45, 7) is 5.08. The van der Waals surface area contributed by atoms with Crippen LogP contribution in [0.3, 0.4) is 0 Å². The number of pyridine rings is 2. The first-order valence-corrected chi connectivity index (χ1v) is 10.5. The molecule has 1 saturated heterocycles. The zero-order valence-corrected chi connectivity index (χ0v) is 16.7. The maximum Gasteiger partial charge on any atom is 0.159 e. The second-order valence-electron chi connectivity index (χ2n) is 7.93. The summed E-state index contributed by atoms with van der Waals surface area (Å²) in [5.74, 6) is 1.91. The predicted molar refractivity (Wildman–Crippen MR) is 113 cm³/mol. The van der Waals surface area contributed by atoms with Crippen LogP contribution in [-0.2, 0) is 19.5 Å². The number of nitrogens with zero attached hydrogens (tertiary/aromatic N) is 6. The average molecular weight is 387 g/mol. The van der Waals surface area contributed by atoms with Gasteiger partial charge in [-0.15, -0.1) is 0 Å². The molecule has 3 aromatic heterocycles. The number of hydrogen-bond donors (Lipinski definition) is 0. The standard InChI is InChI=1S/C23H26N6/c1-2-11-29(12-3-1)22-5-4-18(14-25-22)16-28-13-8-21-20(17-28)15-26-23(27-21)19-6-9-24-10-7-19/h4-7,9-10,14-15H,1-3,8,11-13,16-17H2. The maximum atomic E-state index is 4.80. The summed E-state index contributed by atoms with van der Waals surface area (Å²) in [7, 11) is 0. The van der Waals surface area contributed by atoms with Crippen molar-refractivity contribution in [1.82, 2.24) is 24.8 Å². The van der Waals surface area contributed by atoms with E-state index >= 15 is 0 Å². The highest BCUT2D eigenvalue weighted by molar-refractivity contribution is 5.54. The molecule has 2 aliphatic rings. The monoisotopic (exact) mass is 386 g/mol. The molecule has 0 unspecified atom stereocenters. The van der Waals surface area contributed by atoms with Gasteiger partial charge in [0.1, 0.15) is 5.82 Å². The van der Waals surface area contributed by atoms with Crippen molar-refractivity contribution in [2.75, 3.05) is 24.5 Å². The van der Waals surface area contributed by atoms with Crippen LogP contribution >= 0.6 is 0 Å². The average Bonchev–Trinajstić information content (AvgIpc) is 2.80. The molecular weight excluding hydrogens is 360 g/mol. The van der Waals surface area contributed by atoms with E-state index in [9.17, 15) is 0 Å². The van der Waals surface area contributed by atoms with Crippen LogP contribution in [0.5, 0.6) is 0 Å². The summed E-state index contributed by atoms with van der Waals surface area (Å²) in [6.07, 6.45) is 12.5. The van der Waals surface area contributed by atoms with E-state index in [0.29, 0.717) is 0 Å². The molecule has 5 heterocycles. The van der Waals surface area contributed by atoms with E-state index in [1.807, 2.05) is 24.5 Å². The quantitative estimate of drug-likeness (QED) is 0.684. The molecule has 29 heavy (non-hydrogen) atoms. The van der Waals surface area contributed by atoms with Crippen LogP contribution in [0.2, 0.25) is 0 Å². The van der Waals surface area contributed by atoms with E-state index in [-0.39, 0.29) is 0 Å². The fourth-order valence-electron chi connectivity index (χ4n) is 4.23. The van der Waals surface area contributed by atoms with Crippen LogP contribution in [0.25, 0.3) is 11.4 Å². The molecule has 0 bridgehead atoms. The van der Waals surface area contributed by atoms with E-state index in [2.05, 4.69) is 31.9 Å². The number of anilines is 1. The first-order valence-electron chi connectivity index (χ1n) is 10.5. The molecule has 0 aliphatic carbocycles. The summed E-state index contributed by atoms with van der Waals surface area (Å²) in [6, 6.07) is 8.33. The minimum Gasteiger partial charge on any atom is -0.357 e. The second-order valence-corrected chi connectivity index (χ2v) is 7.93. The molecule has 6 nitrogen and oxygen atoms in total. The zero-order valence-electron chi connectivity index (χ0n) is 16.7. The third-order valence-corrected chi connectivity index (χ3v) is 5.85. The molecule has 0 atom stereocenters. The van der Waals surface area contributed by atoms with Gasteiger partial charge in [-0.25, -0.2) is 15.0 Å². The first-order chi connectivity index (χ1) is 14.3. The Kier molecular flexibility index (Phi) is 5.17. The third-order valence-electron chi connectivity index (χ3n) is 5.85. The number of hydrogen-bond acceptors (Lipinski definition) is 6. The van der Waals surface area contributed by atoms with Gasteiger partial charge >= 0.3 is 0 Å². The SMILES string of the molecule is c1cc(-c2ncc3c(n2)CCN(Cc2ccc(N4CCCCC4)nc2)C3)ccn1. The lowest BCUT2D eigenvalue weighted by Crippen LogP contribution is -2.31. The Labute approximate surface area is 171 Å². The molecule has 148 valence electrons. The second kappa shape index (κ2) is 8.25. The Morgan fingerprint density at radius 1 is 0.862 bits per heavy atom. The van der Waals surface area contributed by atoms with Crippen LogP contribution < -0.4 is 4.90 Å². The molecule has 0 N–H and O–H groups in total. The smallest absolute Gasteiger partial charge is 0.159 e. The van der Waals surface area contributed by atoms with Gasteiger partial charge in [0.05, 0.1) is 5.69 Å². The van der Waals surface area contributed by atoms with Crippen LogP contribution in [-0.4, -0.2) is 44.5 Å². The van der Waals surface area contributed by atoms with Crippen molar-refractivity contribution in [2.45, 2.75) is 38.8 Å². The first kappa shape index (κ1) is 18.2. The van der Waals surface area contributed by atoms with Gasteiger partial charge in [-0.2, -0.15) is 0 Å². The third kappa shape index (κ3) is 4.12. The fourth-order valence-corrected chi connectivity index (χ4v) is 4.23. The van der Waals surface area contributed by atoms with Crippen molar-refractivity contribution in [1.29, 1.82) is 0 Å². The Hall–Kier alpha value is -2.86. The van der Waals surface area contributed by atoms with Crippen molar-refractivity contribution in [3.63, 3.8) is 0 Å². The number of aromatic nitrogens is 4. The van der Waals surface area contributed by atoms with Crippen LogP contribution in [0.1, 0.15) is 36.1 Å². The molecule has 3 aromatic rings. The Morgan fingerprint density at radius 3 is 2.52 bits per heavy atom. The van der Waals surface area contributed by atoms with Gasteiger partial charge in [-0.3, -0.25) is 9.88 Å². The maximum absolute atomic E-state index is 4.80. The lowest BCUT2D eigenvalue weighted by Gasteiger charge is -2.29. The summed E-state index contributed by atoms with van der Waals surface area (Å²) < 4.78 is 0. The van der Waals surface area contributed by atoms with Crippen LogP contribution in [0.4, 0.5) is 5.82 Å². The summed E-state index contributed by atoms with van der Waals surface area (Å²) in [5, 5.41) is 0. The van der Waals surface area contributed by atoms with E-state index in [0.717, 1.165) is 56.4 Å². The lowest BCUT2D eigenvalue weighted by molar-refractivity contribution is 0.242. The molecule has 0 amide bonds. The van der Waals surface area contributed by atoms with Crippen molar-refractivity contribution in [3.8, 4) is 11.4 Å². The minimum absolute atomic E-state index is 0.789. The van der Waals surface area contributed by atoms with Crippen molar-refractivity contribution in [2.24, 2.45) is 0 Å². The molecule has 0 saturated carbocycles. The summed E-state index contributed by atoms with van der Waals surface area (Å²) in [5.41, 5.74) is 4.68. The van der Waals surface area contributed by atoms with Gasteiger partial charge in [0, 0.05) is 75.1 Å². The normalized spacial score (nSPS) is 17.2. The van der Waals surface area contributed by atoms with Crippen LogP contribution in [0, 0.1) is 0 Å². The van der Waals surface area contributed by atoms with Gasteiger partial charge in [0.2, 0.25) is 0 Å². The number of piperidine rings is 1. The van der Waals surface area contributed by atoms with E-state index in [1.54, 1.807) is 12.4 Å². The predicted octanol–water partition coefficient (Wildman–Crippen LogP) is 3.48. The van der Waals surface area contributed by atoms with Crippen molar-refractivity contribution in [3.05, 3.63) is 65.9 Å². The highest BCUT2D eigenvalue weighted by Crippen LogP contribution is 2.23. The summed E-state index contributed by atoms with van der Waals surface area (Å²) in [4.78, 5) is 23.0. The molecule has 2 aliphatic heterocycles. The van der Waals surface area contributed by atoms with Gasteiger partial charge in [-0.1, -0.05) is 6.07 Å². The fraction of sp³-hybridized carbons (Fsp3) is 0.391. The van der Waals surface area contributed by atoms with E-state index in [1.165, 1.54) is 36.1 Å². The molecule has 6 heteroatoms. The highest BCUT2D eigenvalue weighted by atomic mass is 15.2. The number of fused-ring (bicyclic) bond motifs is 1. The molecule has 5 rings (SSSR count). The summed E-state index contributed by atoms with van der Waals surface area (Å²) >= 11 is 0. The topological polar surface area (TPSA) is 58.0 Å². The molecule has 1 fully saturated rings. The van der Waals surface area contributed by atoms with E-state index < -0.39 is 0 Å². The Balaban J connectivity index is 1.24. The van der Waals surface area contributed by atoms with E-state index in [4.69, 9.17) is 9.97 Å². The highest BCUT2D eigenvalue weighted by Gasteiger charge is 2.19. The van der Waals surface area contributed by atoms with Crippen LogP contribution in [0.15, 0.2) is 49.1 Å². The Bertz CT molecular complexity index is 951. The van der Waals surface area contributed by atoms with Gasteiger partial charge in [0.15, 0.2) is 5.82 Å². The van der Waals surface area contributed by atoms with Crippen molar-refractivity contribution >= 4 is 5.82 Å². The molecule has 0 spiro atoms. The molecular formula is C23H26N6. The lowest BCUT2D eigenvalue weighted by atomic mass is 10.1. The van der Waals surface area contributed by atoms with Gasteiger partial charge < -0.3 is 4.90 Å². The Morgan fingerprint density at radius 2 is 1.72 bits per heavy atom. The molecule has 0 radical (unpaired) electrons. The largest absolute Gasteiger partial charge is 0.357 e. The van der Waals surface area contributed by atoms with Crippen molar-refractivity contribution < 1.29 is 0 Å². The zero-order chi connectivity index (χ0) is 19.5. The van der Waals surface area contributed by atoms with Gasteiger partial charge in [0.25, 0.3) is 0 Å². The molecule has 0 aromatic carbocycles. The van der Waals surface area contributed by atoms with Gasteiger partial charge in [-0.05, 0) is 43.0 Å². The minimum atomic E-state index is 0.789.